The van der Waals surface area contributed by atoms with E-state index in [1.807, 2.05) is 30.6 Å². The lowest BCUT2D eigenvalue weighted by Gasteiger charge is -2.31. The van der Waals surface area contributed by atoms with Crippen molar-refractivity contribution in [2.45, 2.75) is 64.2 Å². The van der Waals surface area contributed by atoms with Crippen molar-refractivity contribution in [3.05, 3.63) is 227 Å². The van der Waals surface area contributed by atoms with Gasteiger partial charge in [-0.1, -0.05) is 137 Å². The molecule has 8 aromatic carbocycles. The molecule has 0 fully saturated rings. The maximum absolute atomic E-state index is 5.23. The smallest absolute Gasteiger partial charge is 0.137 e. The molecule has 4 nitrogen and oxygen atoms in total. The number of hydrogen-bond donors (Lipinski definition) is 0. The summed E-state index contributed by atoms with van der Waals surface area (Å²) in [5, 5.41) is 10.3. The summed E-state index contributed by atoms with van der Waals surface area (Å²) in [4.78, 5) is 5.04. The number of nitrogens with zero attached hydrogens (tertiary/aromatic N) is 4. The number of rotatable bonds is 6. The molecule has 0 aliphatic heterocycles. The van der Waals surface area contributed by atoms with Gasteiger partial charge in [0.15, 0.2) is 0 Å². The summed E-state index contributed by atoms with van der Waals surface area (Å²) in [5.74, 6) is 0.948. The Balaban J connectivity index is 0.930. The van der Waals surface area contributed by atoms with Gasteiger partial charge in [0, 0.05) is 44.8 Å². The average molecular weight is 925 g/mol. The highest BCUT2D eigenvalue weighted by Gasteiger charge is 2.37. The van der Waals surface area contributed by atoms with Crippen molar-refractivity contribution in [3.63, 3.8) is 0 Å². The Morgan fingerprint density at radius 2 is 1.00 bits per heavy atom. The average Bonchev–Trinajstić information content (AvgIpc) is 4.07. The van der Waals surface area contributed by atoms with Crippen LogP contribution >= 0.6 is 0 Å². The van der Waals surface area contributed by atoms with E-state index in [9.17, 15) is 0 Å². The number of aryl methyl sites for hydroxylation is 4. The van der Waals surface area contributed by atoms with Crippen molar-refractivity contribution in [3.8, 4) is 61.5 Å². The summed E-state index contributed by atoms with van der Waals surface area (Å²) in [6, 6.07) is 57.6. The van der Waals surface area contributed by atoms with E-state index >= 15 is 0 Å². The first-order valence-electron chi connectivity index (χ1n) is 25.7. The van der Waals surface area contributed by atoms with Crippen molar-refractivity contribution >= 4 is 49.8 Å². The first kappa shape index (κ1) is 41.4. The minimum absolute atomic E-state index is 0.0276. The standard InChI is InChI=1S/C68H52N4/c1-6-7-13-33-70-72-61-31-25-43(41-23-29-59-51(35-41)47-16-9-11-18-57(47)68(59,4)5)37-53(61)55-39-45-21-20-44-38-54-52-36-42(40-22-28-58-50(34-40)46-15-8-10-17-56(46)67(58,2)3)24-30-60(52)71(62-19-12-14-32-69-62)65(54)48-26-27-49(66(55)72)64(45)63(44)48/h6-19,22-25,28-39H,1,20-21,26-27H2,2-5H3/b13-7-,70-33-. The van der Waals surface area contributed by atoms with Gasteiger partial charge < -0.3 is 0 Å². The van der Waals surface area contributed by atoms with Gasteiger partial charge in [0.25, 0.3) is 0 Å². The molecule has 0 amide bonds. The van der Waals surface area contributed by atoms with E-state index in [4.69, 9.17) is 10.1 Å². The fourth-order valence-corrected chi connectivity index (χ4v) is 13.9. The van der Waals surface area contributed by atoms with Crippen molar-refractivity contribution in [1.82, 2.24) is 14.2 Å². The lowest BCUT2D eigenvalue weighted by atomic mass is 9.74. The topological polar surface area (TPSA) is 35.1 Å². The molecule has 0 unspecified atom stereocenters. The summed E-state index contributed by atoms with van der Waals surface area (Å²) in [5.41, 5.74) is 29.2. The third-order valence-electron chi connectivity index (χ3n) is 17.2. The molecule has 0 spiro atoms. The molecular formula is C68H52N4. The third kappa shape index (κ3) is 5.58. The minimum Gasteiger partial charge on any atom is -0.293 e. The number of fused-ring (bicyclic) bond motifs is 14. The molecule has 0 saturated heterocycles. The van der Waals surface area contributed by atoms with E-state index in [2.05, 4.69) is 189 Å². The van der Waals surface area contributed by atoms with E-state index in [0.29, 0.717) is 0 Å². The van der Waals surface area contributed by atoms with E-state index < -0.39 is 0 Å². The Hall–Kier alpha value is -8.34. The van der Waals surface area contributed by atoms with Gasteiger partial charge in [-0.05, 0) is 193 Å². The lowest BCUT2D eigenvalue weighted by Crippen LogP contribution is -2.16. The monoisotopic (exact) mass is 924 g/mol. The molecule has 4 aliphatic carbocycles. The zero-order valence-corrected chi connectivity index (χ0v) is 41.1. The number of benzene rings is 8. The minimum atomic E-state index is -0.0297. The summed E-state index contributed by atoms with van der Waals surface area (Å²) in [7, 11) is 0. The highest BCUT2D eigenvalue weighted by molar-refractivity contribution is 6.16. The van der Waals surface area contributed by atoms with Crippen LogP contribution in [0.2, 0.25) is 0 Å². The zero-order chi connectivity index (χ0) is 48.2. The van der Waals surface area contributed by atoms with Gasteiger partial charge in [-0.3, -0.25) is 4.57 Å². The van der Waals surface area contributed by atoms with Gasteiger partial charge in [-0.15, -0.1) is 0 Å². The van der Waals surface area contributed by atoms with E-state index in [0.717, 1.165) is 37.0 Å². The number of aromatic nitrogens is 3. The SMILES string of the molecule is C=C/C=C\C=N/n1c2ccc(-c3ccc4c(c3)-c3ccccc3C4(C)C)cc2c2cc3c4c(c21)CCc1c-4c(cc2c4cc(-c5ccc6c(c5)-c5ccccc5C6(C)C)ccc4n(-c4ccccn4)c12)CC3. The van der Waals surface area contributed by atoms with Crippen LogP contribution in [0.5, 0.6) is 0 Å². The largest absolute Gasteiger partial charge is 0.293 e. The number of pyridine rings is 1. The van der Waals surface area contributed by atoms with Crippen LogP contribution in [-0.2, 0) is 36.5 Å². The summed E-state index contributed by atoms with van der Waals surface area (Å²) in [6.07, 6.45) is 13.4. The maximum atomic E-state index is 5.23. The second kappa shape index (κ2) is 14.8. The Labute approximate surface area is 419 Å². The van der Waals surface area contributed by atoms with E-state index in [1.165, 1.54) is 138 Å². The van der Waals surface area contributed by atoms with Crippen LogP contribution in [0.4, 0.5) is 0 Å². The van der Waals surface area contributed by atoms with Gasteiger partial charge >= 0.3 is 0 Å². The fraction of sp³-hybridized carbons (Fsp3) is 0.147. The fourth-order valence-electron chi connectivity index (χ4n) is 13.9. The molecule has 0 atom stereocenters. The van der Waals surface area contributed by atoms with Gasteiger partial charge in [-0.2, -0.15) is 5.10 Å². The van der Waals surface area contributed by atoms with Crippen LogP contribution in [0.25, 0.3) is 105 Å². The van der Waals surface area contributed by atoms with Crippen LogP contribution in [0, 0.1) is 0 Å². The van der Waals surface area contributed by atoms with E-state index in [1.54, 1.807) is 6.08 Å². The van der Waals surface area contributed by atoms with Crippen LogP contribution in [0.1, 0.15) is 72.2 Å². The number of allylic oxidation sites excluding steroid dienone is 3. The summed E-state index contributed by atoms with van der Waals surface area (Å²) in [6.45, 7) is 13.3. The van der Waals surface area contributed by atoms with Crippen molar-refractivity contribution in [2.75, 3.05) is 0 Å². The third-order valence-corrected chi connectivity index (χ3v) is 17.2. The molecule has 11 aromatic rings. The van der Waals surface area contributed by atoms with Crippen molar-refractivity contribution in [1.29, 1.82) is 0 Å². The molecule has 15 rings (SSSR count). The van der Waals surface area contributed by atoms with Crippen LogP contribution in [-0.4, -0.2) is 20.4 Å². The Bertz CT molecular complexity index is 4280. The molecule has 0 bridgehead atoms. The van der Waals surface area contributed by atoms with Crippen molar-refractivity contribution in [2.24, 2.45) is 5.10 Å². The molecule has 3 aromatic heterocycles. The second-order valence-corrected chi connectivity index (χ2v) is 21.6. The first-order chi connectivity index (χ1) is 35.2. The molecule has 0 N–H and O–H groups in total. The quantitative estimate of drug-likeness (QED) is 0.121. The highest BCUT2D eigenvalue weighted by Crippen LogP contribution is 2.54. The Morgan fingerprint density at radius 1 is 0.486 bits per heavy atom. The Kier molecular flexibility index (Phi) is 8.55. The molecule has 344 valence electrons. The molecule has 72 heavy (non-hydrogen) atoms. The molecule has 0 saturated carbocycles. The van der Waals surface area contributed by atoms with Gasteiger partial charge in [0.05, 0.1) is 22.1 Å². The molecule has 0 radical (unpaired) electrons. The lowest BCUT2D eigenvalue weighted by molar-refractivity contribution is 0.660. The summed E-state index contributed by atoms with van der Waals surface area (Å²) >= 11 is 0. The maximum Gasteiger partial charge on any atom is 0.137 e. The van der Waals surface area contributed by atoms with Gasteiger partial charge in [-0.25, -0.2) is 9.66 Å². The molecule has 3 heterocycles. The predicted molar refractivity (Wildman–Crippen MR) is 301 cm³/mol. The van der Waals surface area contributed by atoms with Gasteiger partial charge in [0.2, 0.25) is 0 Å². The zero-order valence-electron chi connectivity index (χ0n) is 41.1. The Morgan fingerprint density at radius 3 is 1.60 bits per heavy atom. The molecule has 4 heteroatoms. The van der Waals surface area contributed by atoms with Crippen LogP contribution < -0.4 is 0 Å². The van der Waals surface area contributed by atoms with Crippen LogP contribution in [0.15, 0.2) is 188 Å². The van der Waals surface area contributed by atoms with Crippen LogP contribution in [0.3, 0.4) is 0 Å². The van der Waals surface area contributed by atoms with Gasteiger partial charge in [0.1, 0.15) is 5.82 Å². The predicted octanol–water partition coefficient (Wildman–Crippen LogP) is 16.7. The highest BCUT2D eigenvalue weighted by atomic mass is 15.3. The number of hydrogen-bond acceptors (Lipinski definition) is 2. The van der Waals surface area contributed by atoms with Crippen molar-refractivity contribution < 1.29 is 0 Å². The summed E-state index contributed by atoms with van der Waals surface area (Å²) < 4.78 is 4.68. The van der Waals surface area contributed by atoms with E-state index in [-0.39, 0.29) is 10.8 Å². The second-order valence-electron chi connectivity index (χ2n) is 21.6. The normalized spacial score (nSPS) is 15.4. The molecule has 4 aliphatic rings. The molecular weight excluding hydrogens is 873 g/mol. The first-order valence-corrected chi connectivity index (χ1v) is 25.7.